The highest BCUT2D eigenvalue weighted by molar-refractivity contribution is 6.33. The van der Waals surface area contributed by atoms with Gasteiger partial charge in [0.25, 0.3) is 11.8 Å². The van der Waals surface area contributed by atoms with Crippen LogP contribution in [-0.2, 0) is 14.3 Å². The summed E-state index contributed by atoms with van der Waals surface area (Å²) in [7, 11) is 1.52. The molecule has 2 aromatic carbocycles. The Hall–Kier alpha value is -3.06. The first-order valence-corrected chi connectivity index (χ1v) is 8.45. The molecule has 0 heterocycles. The number of hydrogen-bond donors (Lipinski definition) is 2. The zero-order valence-corrected chi connectivity index (χ0v) is 15.6. The highest BCUT2D eigenvalue weighted by Gasteiger charge is 2.19. The minimum absolute atomic E-state index is 0.366. The number of ether oxygens (including phenoxy) is 2. The van der Waals surface area contributed by atoms with Gasteiger partial charge in [-0.2, -0.15) is 0 Å². The summed E-state index contributed by atoms with van der Waals surface area (Å²) in [5, 5.41) is 5.37. The average Bonchev–Trinajstić information content (AvgIpc) is 2.67. The number of nitrogens with one attached hydrogen (secondary N) is 2. The molecular weight excluding hydrogens is 372 g/mol. The molecule has 2 amide bonds. The maximum absolute atomic E-state index is 12.1. The van der Waals surface area contributed by atoms with Crippen LogP contribution in [-0.4, -0.2) is 37.5 Å². The number of para-hydroxylation sites is 1. The monoisotopic (exact) mass is 390 g/mol. The van der Waals surface area contributed by atoms with Crippen LogP contribution in [0.15, 0.2) is 48.5 Å². The highest BCUT2D eigenvalue weighted by Crippen LogP contribution is 2.20. The van der Waals surface area contributed by atoms with Crippen molar-refractivity contribution in [2.45, 2.75) is 13.0 Å². The molecule has 7 nitrogen and oxygen atoms in total. The van der Waals surface area contributed by atoms with Crippen LogP contribution in [0.2, 0.25) is 5.02 Å². The summed E-state index contributed by atoms with van der Waals surface area (Å²) in [6.07, 6.45) is -1.05. The second-order valence-corrected chi connectivity index (χ2v) is 5.92. The number of hydrogen-bond acceptors (Lipinski definition) is 5. The van der Waals surface area contributed by atoms with E-state index in [-0.39, 0.29) is 6.54 Å². The second-order valence-electron chi connectivity index (χ2n) is 5.51. The molecule has 8 heteroatoms. The van der Waals surface area contributed by atoms with Crippen LogP contribution in [0, 0.1) is 0 Å². The number of esters is 1. The first-order valence-electron chi connectivity index (χ1n) is 8.08. The third kappa shape index (κ3) is 6.00. The topological polar surface area (TPSA) is 93.7 Å². The van der Waals surface area contributed by atoms with Crippen LogP contribution in [0.25, 0.3) is 0 Å². The van der Waals surface area contributed by atoms with Crippen LogP contribution < -0.4 is 15.4 Å². The lowest BCUT2D eigenvalue weighted by Crippen LogP contribution is -2.35. The van der Waals surface area contributed by atoms with E-state index >= 15 is 0 Å². The van der Waals surface area contributed by atoms with Gasteiger partial charge in [0, 0.05) is 5.56 Å². The Bertz CT molecular complexity index is 823. The Morgan fingerprint density at radius 1 is 1.07 bits per heavy atom. The molecule has 0 bridgehead atoms. The fraction of sp³-hybridized carbons (Fsp3) is 0.211. The smallest absolute Gasteiger partial charge is 0.326 e. The van der Waals surface area contributed by atoms with Gasteiger partial charge in [-0.25, -0.2) is 0 Å². The third-order valence-corrected chi connectivity index (χ3v) is 3.88. The normalized spacial score (nSPS) is 11.2. The number of anilines is 1. The molecule has 27 heavy (non-hydrogen) atoms. The third-order valence-electron chi connectivity index (χ3n) is 3.55. The van der Waals surface area contributed by atoms with E-state index in [0.29, 0.717) is 22.0 Å². The zero-order chi connectivity index (χ0) is 19.8. The highest BCUT2D eigenvalue weighted by atomic mass is 35.5. The van der Waals surface area contributed by atoms with E-state index in [1.807, 2.05) is 0 Å². The molecule has 0 saturated carbocycles. The van der Waals surface area contributed by atoms with Crippen LogP contribution in [0.1, 0.15) is 17.3 Å². The summed E-state index contributed by atoms with van der Waals surface area (Å²) in [6, 6.07) is 13.1. The van der Waals surface area contributed by atoms with Gasteiger partial charge in [0.2, 0.25) is 0 Å². The maximum atomic E-state index is 12.1. The molecule has 0 aliphatic carbocycles. The van der Waals surface area contributed by atoms with Gasteiger partial charge in [-0.3, -0.25) is 14.4 Å². The molecule has 0 radical (unpaired) electrons. The largest absolute Gasteiger partial charge is 0.497 e. The minimum Gasteiger partial charge on any atom is -0.497 e. The quantitative estimate of drug-likeness (QED) is 0.709. The molecule has 0 fully saturated rings. The molecule has 142 valence electrons. The van der Waals surface area contributed by atoms with Gasteiger partial charge in [0.05, 0.1) is 17.8 Å². The van der Waals surface area contributed by atoms with Gasteiger partial charge in [0.15, 0.2) is 6.10 Å². The standard InChI is InChI=1S/C19H19ClN2O5/c1-12(18(24)22-16-6-4-3-5-15(16)20)27-17(23)11-21-19(25)13-7-9-14(26-2)10-8-13/h3-10,12H,11H2,1-2H3,(H,21,25)(H,22,24). The Balaban J connectivity index is 1.81. The van der Waals surface area contributed by atoms with Crippen LogP contribution in [0.3, 0.4) is 0 Å². The van der Waals surface area contributed by atoms with Crippen molar-refractivity contribution in [2.75, 3.05) is 19.0 Å². The van der Waals surface area contributed by atoms with Gasteiger partial charge >= 0.3 is 5.97 Å². The van der Waals surface area contributed by atoms with Crippen molar-refractivity contribution in [2.24, 2.45) is 0 Å². The van der Waals surface area contributed by atoms with Gasteiger partial charge in [-0.1, -0.05) is 23.7 Å². The predicted molar refractivity (Wildman–Crippen MR) is 101 cm³/mol. The lowest BCUT2D eigenvalue weighted by Gasteiger charge is -2.14. The minimum atomic E-state index is -1.05. The van der Waals surface area contributed by atoms with E-state index < -0.39 is 23.9 Å². The Morgan fingerprint density at radius 3 is 2.37 bits per heavy atom. The summed E-state index contributed by atoms with van der Waals surface area (Å²) in [5.74, 6) is -1.09. The summed E-state index contributed by atoms with van der Waals surface area (Å²) in [4.78, 5) is 35.9. The van der Waals surface area contributed by atoms with E-state index in [4.69, 9.17) is 21.1 Å². The summed E-state index contributed by atoms with van der Waals surface area (Å²) in [6.45, 7) is 1.06. The van der Waals surface area contributed by atoms with Crippen molar-refractivity contribution in [3.05, 3.63) is 59.1 Å². The fourth-order valence-corrected chi connectivity index (χ4v) is 2.27. The number of halogens is 1. The molecular formula is C19H19ClN2O5. The van der Waals surface area contributed by atoms with Crippen LogP contribution in [0.5, 0.6) is 5.75 Å². The number of carbonyl (C=O) groups is 3. The summed E-state index contributed by atoms with van der Waals surface area (Å²) >= 11 is 5.96. The first kappa shape index (κ1) is 20.3. The average molecular weight is 391 g/mol. The van der Waals surface area contributed by atoms with E-state index in [1.165, 1.54) is 14.0 Å². The maximum Gasteiger partial charge on any atom is 0.326 e. The van der Waals surface area contributed by atoms with Crippen molar-refractivity contribution < 1.29 is 23.9 Å². The fourth-order valence-electron chi connectivity index (χ4n) is 2.09. The predicted octanol–water partition coefficient (Wildman–Crippen LogP) is 2.65. The van der Waals surface area contributed by atoms with Crippen LogP contribution in [0.4, 0.5) is 5.69 Å². The summed E-state index contributed by atoms with van der Waals surface area (Å²) < 4.78 is 10.0. The molecule has 2 aromatic rings. The van der Waals surface area contributed by atoms with Crippen LogP contribution >= 0.6 is 11.6 Å². The molecule has 0 spiro atoms. The van der Waals surface area contributed by atoms with Gasteiger partial charge < -0.3 is 20.1 Å². The molecule has 2 N–H and O–H groups in total. The van der Waals surface area contributed by atoms with Gasteiger partial charge in [0.1, 0.15) is 12.3 Å². The van der Waals surface area contributed by atoms with Crippen molar-refractivity contribution >= 4 is 35.1 Å². The Labute approximate surface area is 161 Å². The molecule has 0 aliphatic rings. The lowest BCUT2D eigenvalue weighted by molar-refractivity contribution is -0.152. The van der Waals surface area contributed by atoms with E-state index in [1.54, 1.807) is 48.5 Å². The molecule has 1 atom stereocenters. The van der Waals surface area contributed by atoms with Gasteiger partial charge in [-0.15, -0.1) is 0 Å². The van der Waals surface area contributed by atoms with Crippen molar-refractivity contribution in [3.8, 4) is 5.75 Å². The molecule has 0 aliphatic heterocycles. The van der Waals surface area contributed by atoms with E-state index in [9.17, 15) is 14.4 Å². The number of amides is 2. The number of carbonyl (C=O) groups excluding carboxylic acids is 3. The van der Waals surface area contributed by atoms with Crippen molar-refractivity contribution in [1.82, 2.24) is 5.32 Å². The number of rotatable bonds is 7. The number of benzene rings is 2. The summed E-state index contributed by atoms with van der Waals surface area (Å²) in [5.41, 5.74) is 0.785. The molecule has 0 saturated heterocycles. The first-order chi connectivity index (χ1) is 12.9. The lowest BCUT2D eigenvalue weighted by atomic mass is 10.2. The molecule has 1 unspecified atom stereocenters. The Morgan fingerprint density at radius 2 is 1.74 bits per heavy atom. The van der Waals surface area contributed by atoms with E-state index in [2.05, 4.69) is 10.6 Å². The Kier molecular flexibility index (Phi) is 7.19. The van der Waals surface area contributed by atoms with Crippen molar-refractivity contribution in [1.29, 1.82) is 0 Å². The molecule has 0 aromatic heterocycles. The second kappa shape index (κ2) is 9.59. The SMILES string of the molecule is COc1ccc(C(=O)NCC(=O)OC(C)C(=O)Nc2ccccc2Cl)cc1. The van der Waals surface area contributed by atoms with Crippen molar-refractivity contribution in [3.63, 3.8) is 0 Å². The zero-order valence-electron chi connectivity index (χ0n) is 14.8. The number of methoxy groups -OCH3 is 1. The van der Waals surface area contributed by atoms with E-state index in [0.717, 1.165) is 0 Å². The molecule has 2 rings (SSSR count). The van der Waals surface area contributed by atoms with Gasteiger partial charge in [-0.05, 0) is 43.3 Å².